The fourth-order valence-corrected chi connectivity index (χ4v) is 4.32. The summed E-state index contributed by atoms with van der Waals surface area (Å²) in [7, 11) is 0. The summed E-state index contributed by atoms with van der Waals surface area (Å²) in [6.07, 6.45) is 1.29. The summed E-state index contributed by atoms with van der Waals surface area (Å²) in [5.74, 6) is -0.204. The quantitative estimate of drug-likeness (QED) is 0.360. The van der Waals surface area contributed by atoms with Crippen molar-refractivity contribution in [2.75, 3.05) is 5.73 Å². The van der Waals surface area contributed by atoms with Gasteiger partial charge in [-0.1, -0.05) is 72.3 Å². The molecule has 0 atom stereocenters. The van der Waals surface area contributed by atoms with E-state index >= 15 is 0 Å². The van der Waals surface area contributed by atoms with E-state index in [0.29, 0.717) is 35.1 Å². The molecule has 0 amide bonds. The largest absolute Gasteiger partial charge is 0.398 e. The zero-order valence-electron chi connectivity index (χ0n) is 17.6. The molecule has 0 bridgehead atoms. The molecule has 156 valence electrons. The van der Waals surface area contributed by atoms with Gasteiger partial charge >= 0.3 is 0 Å². The van der Waals surface area contributed by atoms with Gasteiger partial charge < -0.3 is 5.73 Å². The Balaban J connectivity index is 1.71. The zero-order chi connectivity index (χ0) is 22.2. The Morgan fingerprint density at radius 2 is 1.56 bits per heavy atom. The normalized spacial score (nSPS) is 13.2. The Kier molecular flexibility index (Phi) is 4.79. The van der Waals surface area contributed by atoms with Crippen molar-refractivity contribution in [1.82, 2.24) is 9.78 Å². The van der Waals surface area contributed by atoms with Crippen molar-refractivity contribution in [2.45, 2.75) is 13.3 Å². The average Bonchev–Trinajstić information content (AvgIpc) is 3.21. The number of rotatable bonds is 4. The van der Waals surface area contributed by atoms with Crippen molar-refractivity contribution in [3.05, 3.63) is 101 Å². The molecular weight excluding hydrogens is 398 g/mol. The molecule has 2 heterocycles. The molecule has 0 fully saturated rings. The van der Waals surface area contributed by atoms with E-state index in [1.807, 2.05) is 67.6 Å². The molecule has 0 unspecified atom stereocenters. The molecule has 1 aromatic heterocycles. The standard InChI is InChI=1S/C27H21N3O2/c1-17-14-23-25(18-8-4-2-5-9-18)26(19-10-6-3-7-11-19)29-30(23)27(32)24(17)20-12-13-22(28)21(15-20)16-31/h2-13,15-16H,14,28H2,1H3. The Hall–Kier alpha value is -4.25. The number of nitrogens with zero attached hydrogens (tertiary/aromatic N) is 2. The van der Waals surface area contributed by atoms with Crippen molar-refractivity contribution >= 4 is 23.5 Å². The molecule has 3 aromatic carbocycles. The topological polar surface area (TPSA) is 78.0 Å². The molecule has 2 N–H and O–H groups in total. The Morgan fingerprint density at radius 3 is 2.22 bits per heavy atom. The van der Waals surface area contributed by atoms with Crippen molar-refractivity contribution in [3.8, 4) is 22.4 Å². The molecule has 0 saturated heterocycles. The Labute approximate surface area is 185 Å². The number of hydrogen-bond acceptors (Lipinski definition) is 4. The van der Waals surface area contributed by atoms with E-state index in [2.05, 4.69) is 0 Å². The summed E-state index contributed by atoms with van der Waals surface area (Å²) in [6, 6.07) is 25.0. The lowest BCUT2D eigenvalue weighted by molar-refractivity contribution is 0.0957. The number of carbonyl (C=O) groups excluding carboxylic acids is 2. The van der Waals surface area contributed by atoms with Crippen LogP contribution in [0.15, 0.2) is 84.4 Å². The predicted octanol–water partition coefficient (Wildman–Crippen LogP) is 5.28. The van der Waals surface area contributed by atoms with Crippen LogP contribution >= 0.6 is 0 Å². The van der Waals surface area contributed by atoms with Crippen molar-refractivity contribution in [3.63, 3.8) is 0 Å². The van der Waals surface area contributed by atoms with Crippen LogP contribution < -0.4 is 5.73 Å². The molecule has 4 aromatic rings. The summed E-state index contributed by atoms with van der Waals surface area (Å²) in [5, 5.41) is 4.79. The highest BCUT2D eigenvalue weighted by atomic mass is 16.2. The molecule has 5 nitrogen and oxygen atoms in total. The highest BCUT2D eigenvalue weighted by Crippen LogP contribution is 2.39. The van der Waals surface area contributed by atoms with Gasteiger partial charge in [0.1, 0.15) is 5.69 Å². The van der Waals surface area contributed by atoms with E-state index in [1.54, 1.807) is 18.2 Å². The maximum absolute atomic E-state index is 13.7. The molecule has 0 saturated carbocycles. The summed E-state index contributed by atoms with van der Waals surface area (Å²) in [5.41, 5.74) is 13.4. The monoisotopic (exact) mass is 419 g/mol. The van der Waals surface area contributed by atoms with Gasteiger partial charge in [0, 0.05) is 34.4 Å². The SMILES string of the molecule is CC1=C(c2ccc(N)c(C=O)c2)C(=O)n2nc(-c3ccccc3)c(-c3ccccc3)c2C1. The molecule has 0 spiro atoms. The first-order chi connectivity index (χ1) is 15.6. The van der Waals surface area contributed by atoms with E-state index in [4.69, 9.17) is 10.8 Å². The Morgan fingerprint density at radius 1 is 0.906 bits per heavy atom. The fourth-order valence-electron chi connectivity index (χ4n) is 4.32. The predicted molar refractivity (Wildman–Crippen MR) is 126 cm³/mol. The molecule has 32 heavy (non-hydrogen) atoms. The minimum absolute atomic E-state index is 0.204. The minimum Gasteiger partial charge on any atom is -0.398 e. The van der Waals surface area contributed by atoms with Crippen LogP contribution in [-0.2, 0) is 6.42 Å². The first kappa shape index (κ1) is 19.7. The third kappa shape index (κ3) is 3.15. The third-order valence-corrected chi connectivity index (χ3v) is 5.86. The van der Waals surface area contributed by atoms with Crippen LogP contribution in [0.25, 0.3) is 28.0 Å². The number of aromatic nitrogens is 2. The number of anilines is 1. The molecule has 0 radical (unpaired) electrons. The van der Waals surface area contributed by atoms with Gasteiger partial charge in [0.05, 0.1) is 5.69 Å². The van der Waals surface area contributed by atoms with Crippen LogP contribution in [0.2, 0.25) is 0 Å². The van der Waals surface area contributed by atoms with E-state index in [-0.39, 0.29) is 5.91 Å². The van der Waals surface area contributed by atoms with Gasteiger partial charge in [0.15, 0.2) is 6.29 Å². The smallest absolute Gasteiger partial charge is 0.279 e. The molecule has 1 aliphatic heterocycles. The second-order valence-electron chi connectivity index (χ2n) is 7.91. The van der Waals surface area contributed by atoms with Crippen LogP contribution in [0.1, 0.15) is 33.3 Å². The van der Waals surface area contributed by atoms with Crippen LogP contribution in [0.5, 0.6) is 0 Å². The summed E-state index contributed by atoms with van der Waals surface area (Å²) >= 11 is 0. The second-order valence-corrected chi connectivity index (χ2v) is 7.91. The lowest BCUT2D eigenvalue weighted by Crippen LogP contribution is -2.23. The zero-order valence-corrected chi connectivity index (χ0v) is 17.6. The number of benzene rings is 3. The van der Waals surface area contributed by atoms with Gasteiger partial charge in [0.2, 0.25) is 0 Å². The van der Waals surface area contributed by atoms with Gasteiger partial charge in [-0.25, -0.2) is 0 Å². The Bertz CT molecular complexity index is 1380. The summed E-state index contributed by atoms with van der Waals surface area (Å²) in [4.78, 5) is 25.1. The lowest BCUT2D eigenvalue weighted by Gasteiger charge is -2.20. The van der Waals surface area contributed by atoms with Gasteiger partial charge in [-0.15, -0.1) is 0 Å². The number of fused-ring (bicyclic) bond motifs is 1. The highest BCUT2D eigenvalue weighted by Gasteiger charge is 2.31. The van der Waals surface area contributed by atoms with Crippen LogP contribution in [0, 0.1) is 0 Å². The third-order valence-electron chi connectivity index (χ3n) is 5.86. The number of carbonyl (C=O) groups is 2. The van der Waals surface area contributed by atoms with Crippen LogP contribution in [-0.4, -0.2) is 22.0 Å². The number of nitrogens with two attached hydrogens (primary N) is 1. The molecule has 5 rings (SSSR count). The highest BCUT2D eigenvalue weighted by molar-refractivity contribution is 6.23. The summed E-state index contributed by atoms with van der Waals surface area (Å²) < 4.78 is 1.52. The van der Waals surface area contributed by atoms with Crippen LogP contribution in [0.4, 0.5) is 5.69 Å². The number of allylic oxidation sites excluding steroid dienone is 2. The number of hydrogen-bond donors (Lipinski definition) is 1. The van der Waals surface area contributed by atoms with Crippen LogP contribution in [0.3, 0.4) is 0 Å². The number of nitrogen functional groups attached to an aromatic ring is 1. The van der Waals surface area contributed by atoms with E-state index in [9.17, 15) is 9.59 Å². The van der Waals surface area contributed by atoms with E-state index < -0.39 is 0 Å². The summed E-state index contributed by atoms with van der Waals surface area (Å²) in [6.45, 7) is 1.96. The molecule has 1 aliphatic rings. The maximum Gasteiger partial charge on any atom is 0.279 e. The minimum atomic E-state index is -0.204. The van der Waals surface area contributed by atoms with Crippen molar-refractivity contribution in [1.29, 1.82) is 0 Å². The second kappa shape index (κ2) is 7.78. The number of aldehydes is 1. The van der Waals surface area contributed by atoms with Crippen molar-refractivity contribution in [2.24, 2.45) is 0 Å². The van der Waals surface area contributed by atoms with Crippen molar-refractivity contribution < 1.29 is 9.59 Å². The van der Waals surface area contributed by atoms with Gasteiger partial charge in [-0.05, 0) is 30.2 Å². The average molecular weight is 419 g/mol. The molecule has 5 heteroatoms. The first-order valence-corrected chi connectivity index (χ1v) is 10.4. The van der Waals surface area contributed by atoms with Gasteiger partial charge in [0.25, 0.3) is 5.91 Å². The maximum atomic E-state index is 13.7. The van der Waals surface area contributed by atoms with Gasteiger partial charge in [-0.3, -0.25) is 9.59 Å². The van der Waals surface area contributed by atoms with E-state index in [1.165, 1.54) is 4.68 Å². The fraction of sp³-hybridized carbons (Fsp3) is 0.0741. The molecular formula is C27H21N3O2. The lowest BCUT2D eigenvalue weighted by atomic mass is 9.90. The first-order valence-electron chi connectivity index (χ1n) is 10.4. The van der Waals surface area contributed by atoms with Gasteiger partial charge in [-0.2, -0.15) is 9.78 Å². The molecule has 0 aliphatic carbocycles. The van der Waals surface area contributed by atoms with E-state index in [0.717, 1.165) is 33.7 Å².